The fourth-order valence-corrected chi connectivity index (χ4v) is 8.72. The van der Waals surface area contributed by atoms with Crippen LogP contribution in [0.4, 0.5) is 0 Å². The minimum atomic E-state index is -0.607. The summed E-state index contributed by atoms with van der Waals surface area (Å²) in [4.78, 5) is 14.6. The Morgan fingerprint density at radius 2 is 0.875 bits per heavy atom. The Morgan fingerprint density at radius 1 is 0.357 bits per heavy atom. The summed E-state index contributed by atoms with van der Waals surface area (Å²) >= 11 is 0. The molecule has 9 aromatic rings. The predicted octanol–water partition coefficient (Wildman–Crippen LogP) is 12.7. The van der Waals surface area contributed by atoms with Crippen molar-refractivity contribution in [1.82, 2.24) is 15.0 Å². The lowest BCUT2D eigenvalue weighted by Gasteiger charge is -2.39. The first-order valence-electron chi connectivity index (χ1n) is 18.9. The number of fused-ring (bicyclic) bond motifs is 9. The zero-order chi connectivity index (χ0) is 37.1. The minimum absolute atomic E-state index is 0.607. The summed E-state index contributed by atoms with van der Waals surface area (Å²) in [6, 6.07) is 66.4. The summed E-state index contributed by atoms with van der Waals surface area (Å²) in [7, 11) is 0. The van der Waals surface area contributed by atoms with Crippen LogP contribution in [-0.2, 0) is 5.41 Å². The molecule has 0 saturated carbocycles. The van der Waals surface area contributed by atoms with Crippen molar-refractivity contribution in [2.45, 2.75) is 5.41 Å². The van der Waals surface area contributed by atoms with E-state index in [2.05, 4.69) is 151 Å². The van der Waals surface area contributed by atoms with E-state index >= 15 is 0 Å². The van der Waals surface area contributed by atoms with Gasteiger partial charge in [-0.3, -0.25) is 4.98 Å². The molecule has 3 heterocycles. The Bertz CT molecular complexity index is 2840. The van der Waals surface area contributed by atoms with Crippen molar-refractivity contribution in [3.63, 3.8) is 0 Å². The number of ether oxygens (including phenoxy) is 1. The molecule has 4 heteroatoms. The van der Waals surface area contributed by atoms with Crippen molar-refractivity contribution >= 4 is 0 Å². The predicted molar refractivity (Wildman–Crippen MR) is 224 cm³/mol. The van der Waals surface area contributed by atoms with Gasteiger partial charge in [0.05, 0.1) is 16.8 Å². The Kier molecular flexibility index (Phi) is 7.36. The third-order valence-corrected chi connectivity index (χ3v) is 11.3. The maximum absolute atomic E-state index is 6.65. The lowest BCUT2D eigenvalue weighted by molar-refractivity contribution is 0.436. The molecular weight excluding hydrogens is 683 g/mol. The van der Waals surface area contributed by atoms with E-state index in [9.17, 15) is 0 Å². The van der Waals surface area contributed by atoms with Crippen LogP contribution in [0, 0.1) is 0 Å². The molecule has 0 N–H and O–H groups in total. The molecule has 0 saturated heterocycles. The van der Waals surface area contributed by atoms with Gasteiger partial charge in [0.25, 0.3) is 0 Å². The highest BCUT2D eigenvalue weighted by Gasteiger charge is 2.51. The lowest BCUT2D eigenvalue weighted by Crippen LogP contribution is -2.32. The van der Waals surface area contributed by atoms with Gasteiger partial charge in [0, 0.05) is 40.2 Å². The van der Waals surface area contributed by atoms with E-state index < -0.39 is 5.41 Å². The molecule has 2 aliphatic rings. The zero-order valence-electron chi connectivity index (χ0n) is 30.3. The Morgan fingerprint density at radius 3 is 1.52 bits per heavy atom. The molecule has 4 nitrogen and oxygen atoms in total. The molecule has 0 unspecified atom stereocenters. The van der Waals surface area contributed by atoms with Gasteiger partial charge in [-0.05, 0) is 87.0 Å². The van der Waals surface area contributed by atoms with Crippen LogP contribution in [0.15, 0.2) is 200 Å². The number of hydrogen-bond acceptors (Lipinski definition) is 4. The quantitative estimate of drug-likeness (QED) is 0.178. The summed E-state index contributed by atoms with van der Waals surface area (Å²) in [5.74, 6) is 2.44. The number of pyridine rings is 1. The summed E-state index contributed by atoms with van der Waals surface area (Å²) < 4.78 is 6.65. The maximum atomic E-state index is 6.65. The average molecular weight is 716 g/mol. The van der Waals surface area contributed by atoms with Crippen molar-refractivity contribution in [2.24, 2.45) is 0 Å². The summed E-state index contributed by atoms with van der Waals surface area (Å²) in [5, 5.41) is 0. The molecular formula is C52H33N3O. The van der Waals surface area contributed by atoms with Gasteiger partial charge >= 0.3 is 0 Å². The molecule has 262 valence electrons. The van der Waals surface area contributed by atoms with Crippen molar-refractivity contribution in [1.29, 1.82) is 0 Å². The number of aromatic nitrogens is 3. The fourth-order valence-electron chi connectivity index (χ4n) is 8.72. The number of benzene rings is 7. The molecule has 1 aliphatic carbocycles. The number of nitrogens with zero attached hydrogens (tertiary/aromatic N) is 3. The topological polar surface area (TPSA) is 47.9 Å². The SMILES string of the molecule is c1ccc(-c2cc(-c3cccc(-c4ccc5c(c4)C4(c6ccccc6Oc6ccccc64)c4cc(-c6cccnc6)ccc4-5)c3)nc(-c3ccccc3)n2)cc1. The fraction of sp³-hybridized carbons (Fsp3) is 0.0192. The molecule has 0 bridgehead atoms. The average Bonchev–Trinajstić information content (AvgIpc) is 3.56. The molecule has 0 fully saturated rings. The first-order chi connectivity index (χ1) is 27.7. The first kappa shape index (κ1) is 32.0. The van der Waals surface area contributed by atoms with Gasteiger partial charge in [-0.15, -0.1) is 0 Å². The Hall–Kier alpha value is -7.43. The van der Waals surface area contributed by atoms with Crippen molar-refractivity contribution < 1.29 is 4.74 Å². The smallest absolute Gasteiger partial charge is 0.160 e. The van der Waals surface area contributed by atoms with E-state index in [1.165, 1.54) is 22.3 Å². The van der Waals surface area contributed by atoms with E-state index in [0.717, 1.165) is 73.0 Å². The summed E-state index contributed by atoms with van der Waals surface area (Å²) in [6.07, 6.45) is 3.77. The van der Waals surface area contributed by atoms with Crippen molar-refractivity contribution in [3.05, 3.63) is 223 Å². The monoisotopic (exact) mass is 715 g/mol. The van der Waals surface area contributed by atoms with Gasteiger partial charge in [-0.25, -0.2) is 9.97 Å². The molecule has 56 heavy (non-hydrogen) atoms. The lowest BCUT2D eigenvalue weighted by atomic mass is 9.65. The molecule has 1 spiro atoms. The van der Waals surface area contributed by atoms with Crippen LogP contribution in [0.2, 0.25) is 0 Å². The van der Waals surface area contributed by atoms with Gasteiger partial charge in [0.15, 0.2) is 5.82 Å². The van der Waals surface area contributed by atoms with E-state index in [-0.39, 0.29) is 0 Å². The number of para-hydroxylation sites is 2. The highest BCUT2D eigenvalue weighted by molar-refractivity contribution is 5.92. The van der Waals surface area contributed by atoms with Crippen LogP contribution in [0.25, 0.3) is 67.3 Å². The molecule has 0 radical (unpaired) electrons. The second kappa shape index (κ2) is 12.9. The highest BCUT2D eigenvalue weighted by Crippen LogP contribution is 2.62. The third-order valence-electron chi connectivity index (χ3n) is 11.3. The van der Waals surface area contributed by atoms with Gasteiger partial charge in [0.2, 0.25) is 0 Å². The normalized spacial score (nSPS) is 12.9. The second-order valence-corrected chi connectivity index (χ2v) is 14.4. The van der Waals surface area contributed by atoms with Gasteiger partial charge < -0.3 is 4.74 Å². The van der Waals surface area contributed by atoms with Crippen molar-refractivity contribution in [2.75, 3.05) is 0 Å². The molecule has 0 amide bonds. The van der Waals surface area contributed by atoms with Crippen LogP contribution in [0.5, 0.6) is 11.5 Å². The minimum Gasteiger partial charge on any atom is -0.457 e. The molecule has 0 atom stereocenters. The molecule has 2 aromatic heterocycles. The van der Waals surface area contributed by atoms with E-state index in [1.54, 1.807) is 0 Å². The van der Waals surface area contributed by atoms with Gasteiger partial charge in [0.1, 0.15) is 11.5 Å². The standard InChI is InChI=1S/C52H33N3O/c1-3-13-34(14-4-1)47-32-48(55-51(54-47)35-15-5-2-6-16-35)39-18-11-17-36(29-39)37-24-26-41-42-27-25-38(40-19-12-28-53-33-40)31-46(42)52(45(41)30-37)43-20-7-9-22-49(43)56-50-23-10-8-21-44(50)52/h1-33H. The van der Waals surface area contributed by atoms with E-state index in [4.69, 9.17) is 14.7 Å². The number of rotatable bonds is 5. The Balaban J connectivity index is 1.11. The first-order valence-corrected chi connectivity index (χ1v) is 18.9. The third kappa shape index (κ3) is 5.04. The maximum Gasteiger partial charge on any atom is 0.160 e. The van der Waals surface area contributed by atoms with Crippen molar-refractivity contribution in [3.8, 4) is 78.8 Å². The van der Waals surface area contributed by atoms with Crippen LogP contribution in [-0.4, -0.2) is 15.0 Å². The Labute approximate surface area is 325 Å². The largest absolute Gasteiger partial charge is 0.457 e. The second-order valence-electron chi connectivity index (χ2n) is 14.4. The number of hydrogen-bond donors (Lipinski definition) is 0. The van der Waals surface area contributed by atoms with Crippen LogP contribution >= 0.6 is 0 Å². The molecule has 1 aliphatic heterocycles. The van der Waals surface area contributed by atoms with Gasteiger partial charge in [-0.2, -0.15) is 0 Å². The summed E-state index contributed by atoms with van der Waals surface area (Å²) in [6.45, 7) is 0. The highest BCUT2D eigenvalue weighted by atomic mass is 16.5. The molecule has 11 rings (SSSR count). The van der Waals surface area contributed by atoms with E-state index in [0.29, 0.717) is 5.82 Å². The summed E-state index contributed by atoms with van der Waals surface area (Å²) in [5.41, 5.74) is 15.9. The van der Waals surface area contributed by atoms with Crippen LogP contribution in [0.1, 0.15) is 22.3 Å². The van der Waals surface area contributed by atoms with E-state index in [1.807, 2.05) is 54.9 Å². The van der Waals surface area contributed by atoms with Crippen LogP contribution < -0.4 is 4.74 Å². The van der Waals surface area contributed by atoms with Gasteiger partial charge in [-0.1, -0.05) is 146 Å². The molecule has 7 aromatic carbocycles. The van der Waals surface area contributed by atoms with Crippen LogP contribution in [0.3, 0.4) is 0 Å². The zero-order valence-corrected chi connectivity index (χ0v) is 30.3.